The van der Waals surface area contributed by atoms with Crippen molar-refractivity contribution < 1.29 is 18.6 Å². The summed E-state index contributed by atoms with van der Waals surface area (Å²) >= 11 is 0. The second kappa shape index (κ2) is 9.72. The molecule has 2 unspecified atom stereocenters. The van der Waals surface area contributed by atoms with Crippen molar-refractivity contribution in [2.24, 2.45) is 5.41 Å². The van der Waals surface area contributed by atoms with Crippen LogP contribution in [0.25, 0.3) is 32.8 Å². The highest BCUT2D eigenvalue weighted by atomic mass is 19.1. The summed E-state index contributed by atoms with van der Waals surface area (Å²) in [4.78, 5) is 14.6. The average Bonchev–Trinajstić information content (AvgIpc) is 3.33. The third-order valence-electron chi connectivity index (χ3n) is 11.4. The van der Waals surface area contributed by atoms with Gasteiger partial charge in [0, 0.05) is 52.5 Å². The minimum Gasteiger partial charge on any atom is -0.508 e. The van der Waals surface area contributed by atoms with Crippen molar-refractivity contribution >= 4 is 27.5 Å². The first-order valence-corrected chi connectivity index (χ1v) is 16.2. The van der Waals surface area contributed by atoms with E-state index in [2.05, 4.69) is 15.1 Å². The molecule has 1 saturated carbocycles. The maximum Gasteiger partial charge on any atom is 0.319 e. The molecule has 1 aliphatic carbocycles. The largest absolute Gasteiger partial charge is 0.508 e. The van der Waals surface area contributed by atoms with Crippen molar-refractivity contribution in [3.8, 4) is 22.9 Å². The highest BCUT2D eigenvalue weighted by molar-refractivity contribution is 6.01. The first kappa shape index (κ1) is 26.8. The molecule has 9 rings (SSSR count). The fourth-order valence-corrected chi connectivity index (χ4v) is 9.26. The molecule has 5 fully saturated rings. The van der Waals surface area contributed by atoms with Gasteiger partial charge in [0.1, 0.15) is 22.9 Å². The third kappa shape index (κ3) is 3.97. The van der Waals surface area contributed by atoms with Gasteiger partial charge in [0.15, 0.2) is 5.82 Å². The zero-order valence-electron chi connectivity index (χ0n) is 24.8. The van der Waals surface area contributed by atoms with Crippen LogP contribution in [0.4, 0.5) is 14.6 Å². The standard InChI is InChI=1S/C35H37F2N5O2/c36-28-5-1-4-21-16-24(43)17-27(29(21)28)25-8-9-26-31(30(25)37)39-33(40-32(26)41-18-22-6-7-23(19-41)38-22)44-20-34(12-13-34)35-10-2-14-42(35)15-3-11-35/h1,4-5,8-9,16-17,22-23,38,43H,2-3,6-7,10-15,18-20H2. The van der Waals surface area contributed by atoms with E-state index in [4.69, 9.17) is 14.7 Å². The zero-order valence-corrected chi connectivity index (χ0v) is 24.8. The molecule has 0 spiro atoms. The monoisotopic (exact) mass is 597 g/mol. The molecule has 228 valence electrons. The molecule has 0 amide bonds. The lowest BCUT2D eigenvalue weighted by atomic mass is 9.78. The van der Waals surface area contributed by atoms with Crippen molar-refractivity contribution in [1.82, 2.24) is 20.2 Å². The number of hydrogen-bond acceptors (Lipinski definition) is 7. The summed E-state index contributed by atoms with van der Waals surface area (Å²) in [6.07, 6.45) is 9.42. The van der Waals surface area contributed by atoms with Gasteiger partial charge in [-0.2, -0.15) is 9.97 Å². The predicted octanol–water partition coefficient (Wildman–Crippen LogP) is 6.16. The van der Waals surface area contributed by atoms with Gasteiger partial charge in [0.25, 0.3) is 0 Å². The van der Waals surface area contributed by atoms with Crippen LogP contribution in [0.3, 0.4) is 0 Å². The van der Waals surface area contributed by atoms with Gasteiger partial charge in [0.05, 0.1) is 6.61 Å². The first-order chi connectivity index (χ1) is 21.4. The van der Waals surface area contributed by atoms with Crippen molar-refractivity contribution in [2.75, 3.05) is 37.7 Å². The molecule has 44 heavy (non-hydrogen) atoms. The zero-order chi connectivity index (χ0) is 29.6. The number of ether oxygens (including phenoxy) is 1. The summed E-state index contributed by atoms with van der Waals surface area (Å²) in [6.45, 7) is 4.45. The number of fused-ring (bicyclic) bond motifs is 5. The molecule has 5 aliphatic rings. The summed E-state index contributed by atoms with van der Waals surface area (Å²) < 4.78 is 38.4. The highest BCUT2D eigenvalue weighted by Gasteiger charge is 2.64. The maximum absolute atomic E-state index is 16.8. The van der Waals surface area contributed by atoms with Gasteiger partial charge in [-0.1, -0.05) is 18.2 Å². The Balaban J connectivity index is 1.16. The molecule has 9 heteroatoms. The SMILES string of the molecule is Oc1cc(-c2ccc3c(N4CC5CCC(C4)N5)nc(OCC4(C56CCCN5CCC6)CC4)nc3c2F)c2c(F)cccc2c1. The Morgan fingerprint density at radius 1 is 0.932 bits per heavy atom. The second-order valence-electron chi connectivity index (χ2n) is 13.8. The molecule has 3 aromatic carbocycles. The molecule has 1 aromatic heterocycles. The van der Waals surface area contributed by atoms with Crippen LogP contribution < -0.4 is 15.0 Å². The van der Waals surface area contributed by atoms with Crippen LogP contribution in [-0.4, -0.2) is 70.4 Å². The number of aromatic hydroxyl groups is 1. The predicted molar refractivity (Wildman–Crippen MR) is 166 cm³/mol. The van der Waals surface area contributed by atoms with Crippen LogP contribution in [0.5, 0.6) is 11.8 Å². The van der Waals surface area contributed by atoms with E-state index in [9.17, 15) is 5.11 Å². The summed E-state index contributed by atoms with van der Waals surface area (Å²) in [5, 5.41) is 15.5. The number of halogens is 2. The van der Waals surface area contributed by atoms with Crippen LogP contribution in [0.2, 0.25) is 0 Å². The second-order valence-corrected chi connectivity index (χ2v) is 13.8. The molecule has 2 bridgehead atoms. The van der Waals surface area contributed by atoms with Crippen LogP contribution in [0.15, 0.2) is 42.5 Å². The smallest absolute Gasteiger partial charge is 0.319 e. The lowest BCUT2D eigenvalue weighted by molar-refractivity contribution is 0.0555. The number of nitrogens with one attached hydrogen (secondary N) is 1. The van der Waals surface area contributed by atoms with Gasteiger partial charge < -0.3 is 20.1 Å². The van der Waals surface area contributed by atoms with Gasteiger partial charge >= 0.3 is 6.01 Å². The molecule has 2 atom stereocenters. The summed E-state index contributed by atoms with van der Waals surface area (Å²) in [7, 11) is 0. The van der Waals surface area contributed by atoms with Gasteiger partial charge in [-0.15, -0.1) is 0 Å². The van der Waals surface area contributed by atoms with E-state index in [1.807, 2.05) is 6.07 Å². The molecule has 0 radical (unpaired) electrons. The fourth-order valence-electron chi connectivity index (χ4n) is 9.26. The Labute approximate surface area is 255 Å². The number of hydrogen-bond donors (Lipinski definition) is 2. The maximum atomic E-state index is 16.8. The molecular weight excluding hydrogens is 560 g/mol. The van der Waals surface area contributed by atoms with Gasteiger partial charge in [0.2, 0.25) is 0 Å². The van der Waals surface area contributed by atoms with E-state index < -0.39 is 11.6 Å². The topological polar surface area (TPSA) is 73.8 Å². The molecule has 4 aliphatic heterocycles. The fraction of sp³-hybridized carbons (Fsp3) is 0.486. The Hall–Kier alpha value is -3.56. The number of benzene rings is 3. The average molecular weight is 598 g/mol. The molecule has 2 N–H and O–H groups in total. The van der Waals surface area contributed by atoms with E-state index in [1.54, 1.807) is 18.2 Å². The lowest BCUT2D eigenvalue weighted by Gasteiger charge is -2.40. The Morgan fingerprint density at radius 2 is 1.70 bits per heavy atom. The number of rotatable bonds is 6. The molecular formula is C35H37F2N5O2. The van der Waals surface area contributed by atoms with Crippen LogP contribution in [0, 0.1) is 17.0 Å². The quantitative estimate of drug-likeness (QED) is 0.276. The van der Waals surface area contributed by atoms with Crippen molar-refractivity contribution in [3.05, 3.63) is 54.1 Å². The van der Waals surface area contributed by atoms with E-state index in [1.165, 1.54) is 57.0 Å². The van der Waals surface area contributed by atoms with Gasteiger partial charge in [-0.3, -0.25) is 4.90 Å². The molecule has 4 saturated heterocycles. The third-order valence-corrected chi connectivity index (χ3v) is 11.4. The first-order valence-electron chi connectivity index (χ1n) is 16.2. The van der Waals surface area contributed by atoms with E-state index in [0.717, 1.165) is 38.8 Å². The Bertz CT molecular complexity index is 1790. The number of phenolic OH excluding ortho intramolecular Hbond substituents is 1. The Morgan fingerprint density at radius 3 is 2.45 bits per heavy atom. The lowest BCUT2D eigenvalue weighted by Crippen LogP contribution is -2.51. The molecule has 5 heterocycles. The number of aromatic nitrogens is 2. The number of anilines is 1. The summed E-state index contributed by atoms with van der Waals surface area (Å²) in [6, 6.07) is 12.0. The van der Waals surface area contributed by atoms with Crippen LogP contribution >= 0.6 is 0 Å². The molecule has 4 aromatic rings. The normalized spacial score (nSPS) is 25.2. The van der Waals surface area contributed by atoms with Crippen molar-refractivity contribution in [1.29, 1.82) is 0 Å². The summed E-state index contributed by atoms with van der Waals surface area (Å²) in [5.41, 5.74) is 0.949. The van der Waals surface area contributed by atoms with Gasteiger partial charge in [-0.25, -0.2) is 8.78 Å². The summed E-state index contributed by atoms with van der Waals surface area (Å²) in [5.74, 6) is -0.403. The van der Waals surface area contributed by atoms with E-state index in [-0.39, 0.29) is 39.2 Å². The van der Waals surface area contributed by atoms with E-state index in [0.29, 0.717) is 40.8 Å². The van der Waals surface area contributed by atoms with E-state index >= 15 is 8.78 Å². The highest BCUT2D eigenvalue weighted by Crippen LogP contribution is 2.63. The van der Waals surface area contributed by atoms with Crippen molar-refractivity contribution in [2.45, 2.75) is 69.0 Å². The van der Waals surface area contributed by atoms with Crippen LogP contribution in [-0.2, 0) is 0 Å². The number of piperazine rings is 1. The van der Waals surface area contributed by atoms with Crippen molar-refractivity contribution in [3.63, 3.8) is 0 Å². The molecule has 7 nitrogen and oxygen atoms in total. The van der Waals surface area contributed by atoms with Gasteiger partial charge in [-0.05, 0) is 99.7 Å². The Kier molecular flexibility index (Phi) is 5.92. The minimum absolute atomic E-state index is 0.0525. The number of nitrogens with zero attached hydrogens (tertiary/aromatic N) is 4. The number of phenols is 1. The van der Waals surface area contributed by atoms with Crippen LogP contribution in [0.1, 0.15) is 51.4 Å². The minimum atomic E-state index is -0.568.